The number of rotatable bonds is 4. The Bertz CT molecular complexity index is 971. The molecule has 0 aliphatic heterocycles. The summed E-state index contributed by atoms with van der Waals surface area (Å²) in [5.41, 5.74) is -2.08. The highest BCUT2D eigenvalue weighted by Crippen LogP contribution is 2.74. The maximum Gasteiger partial charge on any atom is 0.319 e. The molecule has 202 valence electrons. The second-order valence-corrected chi connectivity index (χ2v) is 13.6. The van der Waals surface area contributed by atoms with E-state index in [-0.39, 0.29) is 51.9 Å². The number of hydrogen-bond acceptors (Lipinski definition) is 6. The van der Waals surface area contributed by atoms with Gasteiger partial charge in [-0.05, 0) is 79.4 Å². The molecule has 0 heterocycles. The van der Waals surface area contributed by atoms with Crippen LogP contribution in [0.4, 0.5) is 0 Å². The van der Waals surface area contributed by atoms with Crippen LogP contribution in [0.5, 0.6) is 0 Å². The molecule has 4 rings (SSSR count). The Morgan fingerprint density at radius 1 is 0.889 bits per heavy atom. The number of methoxy groups -OCH3 is 1. The molecule has 0 amide bonds. The number of Topliss-reactive ketones (excluding diaryl/α,β-unsaturated/α-hetero) is 1. The number of carboxylic acids is 1. The molecule has 4 aliphatic carbocycles. The normalized spacial score (nSPS) is 45.5. The van der Waals surface area contributed by atoms with E-state index in [4.69, 9.17) is 9.47 Å². The van der Waals surface area contributed by atoms with Gasteiger partial charge in [-0.15, -0.1) is 0 Å². The zero-order valence-electron chi connectivity index (χ0n) is 23.1. The number of fused-ring (bicyclic) bond motifs is 5. The van der Waals surface area contributed by atoms with Crippen molar-refractivity contribution in [2.24, 2.45) is 44.8 Å². The topological polar surface area (TPSA) is 107 Å². The number of carbonyl (C=O) groups is 4. The van der Waals surface area contributed by atoms with Gasteiger partial charge in [-0.3, -0.25) is 19.2 Å². The summed E-state index contributed by atoms with van der Waals surface area (Å²) in [6.07, 6.45) is 5.63. The monoisotopic (exact) mass is 504 g/mol. The Morgan fingerprint density at radius 3 is 2.14 bits per heavy atom. The fourth-order valence-electron chi connectivity index (χ4n) is 10.0. The van der Waals surface area contributed by atoms with E-state index in [0.29, 0.717) is 24.7 Å². The van der Waals surface area contributed by atoms with Crippen molar-refractivity contribution in [2.45, 2.75) is 105 Å². The van der Waals surface area contributed by atoms with Crippen LogP contribution in [0, 0.1) is 44.8 Å². The van der Waals surface area contributed by atoms with Crippen LogP contribution in [0.15, 0.2) is 0 Å². The van der Waals surface area contributed by atoms with Gasteiger partial charge in [0, 0.05) is 18.3 Å². The van der Waals surface area contributed by atoms with Gasteiger partial charge in [0.2, 0.25) is 0 Å². The highest BCUT2D eigenvalue weighted by molar-refractivity contribution is 6.08. The summed E-state index contributed by atoms with van der Waals surface area (Å²) in [4.78, 5) is 50.4. The Hall–Kier alpha value is -1.92. The molecule has 36 heavy (non-hydrogen) atoms. The number of esters is 2. The van der Waals surface area contributed by atoms with Crippen molar-refractivity contribution < 1.29 is 33.8 Å². The van der Waals surface area contributed by atoms with Gasteiger partial charge >= 0.3 is 17.9 Å². The van der Waals surface area contributed by atoms with Crippen LogP contribution in [0.25, 0.3) is 0 Å². The quantitative estimate of drug-likeness (QED) is 0.415. The molecule has 0 spiro atoms. The predicted octanol–water partition coefficient (Wildman–Crippen LogP) is 5.19. The number of aliphatic carboxylic acids is 1. The highest BCUT2D eigenvalue weighted by atomic mass is 16.5. The van der Waals surface area contributed by atoms with Crippen LogP contribution >= 0.6 is 0 Å². The summed E-state index contributed by atoms with van der Waals surface area (Å²) in [5, 5.41) is 9.59. The lowest BCUT2D eigenvalue weighted by Gasteiger charge is -2.71. The Morgan fingerprint density at radius 2 is 1.56 bits per heavy atom. The lowest BCUT2D eigenvalue weighted by atomic mass is 9.33. The molecule has 0 saturated heterocycles. The van der Waals surface area contributed by atoms with E-state index in [1.165, 1.54) is 14.0 Å². The van der Waals surface area contributed by atoms with Gasteiger partial charge < -0.3 is 14.6 Å². The molecule has 4 fully saturated rings. The molecule has 8 atom stereocenters. The largest absolute Gasteiger partial charge is 0.481 e. The van der Waals surface area contributed by atoms with Crippen LogP contribution in [0.3, 0.4) is 0 Å². The van der Waals surface area contributed by atoms with Gasteiger partial charge in [-0.2, -0.15) is 0 Å². The molecule has 0 aromatic rings. The summed E-state index contributed by atoms with van der Waals surface area (Å²) in [7, 11) is 1.24. The molecular formula is C29H44O7. The van der Waals surface area contributed by atoms with Gasteiger partial charge in [-0.1, -0.05) is 34.6 Å². The van der Waals surface area contributed by atoms with E-state index in [0.717, 1.165) is 32.1 Å². The van der Waals surface area contributed by atoms with E-state index in [1.807, 2.05) is 0 Å². The second-order valence-electron chi connectivity index (χ2n) is 13.6. The van der Waals surface area contributed by atoms with Crippen molar-refractivity contribution in [2.75, 3.05) is 7.11 Å². The number of carboxylic acid groups (broad SMARTS) is 1. The van der Waals surface area contributed by atoms with Crippen LogP contribution < -0.4 is 0 Å². The Kier molecular flexibility index (Phi) is 6.45. The molecule has 4 saturated carbocycles. The molecule has 1 N–H and O–H groups in total. The Balaban J connectivity index is 1.69. The van der Waals surface area contributed by atoms with Crippen molar-refractivity contribution in [3.05, 3.63) is 0 Å². The molecular weight excluding hydrogens is 460 g/mol. The van der Waals surface area contributed by atoms with E-state index in [9.17, 15) is 24.3 Å². The summed E-state index contributed by atoms with van der Waals surface area (Å²) in [6.45, 7) is 13.0. The first-order chi connectivity index (χ1) is 16.6. The standard InChI is InChI=1S/C29H44O7/c1-17(30)36-21-11-12-26(4)19(25(21,2)3)10-13-28(6)20(26)9-8-18-23(33)29(16-22(31)32,24(34)35-7)15-14-27(18,28)5/h18-21H,8-16H2,1-7H3,(H,31,32)/t18?,19?,20?,21?,26-,27+,28+,29+/m0/s1. The molecule has 7 nitrogen and oxygen atoms in total. The molecule has 4 unspecified atom stereocenters. The summed E-state index contributed by atoms with van der Waals surface area (Å²) >= 11 is 0. The van der Waals surface area contributed by atoms with Crippen LogP contribution in [0.2, 0.25) is 0 Å². The minimum absolute atomic E-state index is 0.0577. The number of ether oxygens (including phenoxy) is 2. The van der Waals surface area contributed by atoms with E-state index in [1.54, 1.807) is 0 Å². The van der Waals surface area contributed by atoms with Crippen LogP contribution in [-0.2, 0) is 28.7 Å². The molecule has 0 aromatic carbocycles. The second kappa shape index (κ2) is 8.56. The first-order valence-corrected chi connectivity index (χ1v) is 13.6. The number of carbonyl (C=O) groups excluding carboxylic acids is 3. The first kappa shape index (κ1) is 27.1. The zero-order chi connectivity index (χ0) is 26.9. The summed E-state index contributed by atoms with van der Waals surface area (Å²) in [6, 6.07) is 0. The molecule has 7 heteroatoms. The van der Waals surface area contributed by atoms with Crippen molar-refractivity contribution in [1.82, 2.24) is 0 Å². The lowest BCUT2D eigenvalue weighted by molar-refractivity contribution is -0.236. The van der Waals surface area contributed by atoms with Gasteiger partial charge in [0.05, 0.1) is 13.5 Å². The fourth-order valence-corrected chi connectivity index (χ4v) is 10.0. The number of hydrogen-bond donors (Lipinski definition) is 1. The first-order valence-electron chi connectivity index (χ1n) is 13.6. The summed E-state index contributed by atoms with van der Waals surface area (Å²) in [5.74, 6) is -1.83. The third kappa shape index (κ3) is 3.50. The van der Waals surface area contributed by atoms with Crippen LogP contribution in [-0.4, -0.2) is 42.0 Å². The third-order valence-corrected chi connectivity index (χ3v) is 12.0. The average Bonchev–Trinajstić information content (AvgIpc) is 2.77. The molecule has 0 aromatic heterocycles. The lowest BCUT2D eigenvalue weighted by Crippen LogP contribution is -2.67. The van der Waals surface area contributed by atoms with Crippen LogP contribution in [0.1, 0.15) is 99.3 Å². The maximum atomic E-state index is 14.0. The predicted molar refractivity (Wildman–Crippen MR) is 133 cm³/mol. The molecule has 0 radical (unpaired) electrons. The summed E-state index contributed by atoms with van der Waals surface area (Å²) < 4.78 is 10.8. The van der Waals surface area contributed by atoms with Gasteiger partial charge in [-0.25, -0.2) is 0 Å². The van der Waals surface area contributed by atoms with Gasteiger partial charge in [0.25, 0.3) is 0 Å². The zero-order valence-corrected chi connectivity index (χ0v) is 23.1. The van der Waals surface area contributed by atoms with Crippen molar-refractivity contribution in [3.8, 4) is 0 Å². The van der Waals surface area contributed by atoms with Crippen molar-refractivity contribution >= 4 is 23.7 Å². The van der Waals surface area contributed by atoms with E-state index < -0.39 is 23.8 Å². The highest BCUT2D eigenvalue weighted by Gasteiger charge is 2.71. The minimum atomic E-state index is -1.58. The third-order valence-electron chi connectivity index (χ3n) is 12.0. The fraction of sp³-hybridized carbons (Fsp3) is 0.862. The molecule has 0 bridgehead atoms. The van der Waals surface area contributed by atoms with E-state index in [2.05, 4.69) is 34.6 Å². The molecule has 4 aliphatic rings. The van der Waals surface area contributed by atoms with Gasteiger partial charge in [0.15, 0.2) is 5.78 Å². The smallest absolute Gasteiger partial charge is 0.319 e. The number of ketones is 1. The van der Waals surface area contributed by atoms with Gasteiger partial charge in [0.1, 0.15) is 11.5 Å². The van der Waals surface area contributed by atoms with Crippen molar-refractivity contribution in [3.63, 3.8) is 0 Å². The maximum absolute atomic E-state index is 14.0. The minimum Gasteiger partial charge on any atom is -0.481 e. The Labute approximate surface area is 215 Å². The van der Waals surface area contributed by atoms with E-state index >= 15 is 0 Å². The average molecular weight is 505 g/mol. The SMILES string of the molecule is COC(=O)[C@@]1(CC(=O)O)CC[C@]2(C)C(CCC3[C@@]4(C)CCC(OC(C)=O)C(C)(C)C4CC[C@]32C)C1=O. The van der Waals surface area contributed by atoms with Crippen molar-refractivity contribution in [1.29, 1.82) is 0 Å².